The zero-order chi connectivity index (χ0) is 5.91. The Labute approximate surface area is 40.9 Å². The fourth-order valence-corrected chi connectivity index (χ4v) is 0.258. The zero-order valence-electron chi connectivity index (χ0n) is 3.36. The van der Waals surface area contributed by atoms with Crippen molar-refractivity contribution in [3.05, 3.63) is 0 Å². The van der Waals surface area contributed by atoms with Gasteiger partial charge in [0.25, 0.3) is 10.1 Å². The molecule has 0 aliphatic heterocycles. The second-order valence-corrected chi connectivity index (χ2v) is 2.41. The second kappa shape index (κ2) is 2.04. The largest absolute Gasteiger partial charge is 0.302 e. The molecule has 0 aliphatic carbocycles. The Balaban J connectivity index is 3.84. The van der Waals surface area contributed by atoms with Crippen molar-refractivity contribution >= 4 is 16.4 Å². The lowest BCUT2D eigenvalue weighted by molar-refractivity contribution is -0.105. The molecule has 0 amide bonds. The molecule has 4 nitrogen and oxygen atoms in total. The summed E-state index contributed by atoms with van der Waals surface area (Å²) in [5.41, 5.74) is 0. The van der Waals surface area contributed by atoms with Crippen molar-refractivity contribution in [3.8, 4) is 0 Å². The third-order valence-corrected chi connectivity index (χ3v) is 0.836. The molecule has 0 radical (unpaired) electrons. The molecule has 0 aromatic carbocycles. The maximum Gasteiger partial charge on any atom is 0.271 e. The third kappa shape index (κ3) is 5.58. The first-order chi connectivity index (χ1) is 3.06. The summed E-state index contributed by atoms with van der Waals surface area (Å²) in [6.45, 7) is 0. The molecule has 0 saturated carbocycles. The predicted octanol–water partition coefficient (Wildman–Crippen LogP) is -0.927. The fourth-order valence-electron chi connectivity index (χ4n) is 0.0860. The molecule has 0 heterocycles. The molecule has 0 bridgehead atoms. The van der Waals surface area contributed by atoms with Gasteiger partial charge in [-0.3, -0.25) is 4.55 Å². The van der Waals surface area contributed by atoms with Gasteiger partial charge < -0.3 is 4.79 Å². The average Bonchev–Trinajstić information content (AvgIpc) is 1.30. The van der Waals surface area contributed by atoms with Crippen molar-refractivity contribution in [2.75, 3.05) is 5.75 Å². The highest BCUT2D eigenvalue weighted by molar-refractivity contribution is 7.86. The number of hydrogen-bond donors (Lipinski definition) is 1. The van der Waals surface area contributed by atoms with E-state index in [1.165, 1.54) is 0 Å². The van der Waals surface area contributed by atoms with E-state index in [9.17, 15) is 13.2 Å². The van der Waals surface area contributed by atoms with Crippen molar-refractivity contribution in [3.63, 3.8) is 0 Å². The van der Waals surface area contributed by atoms with Crippen LogP contribution in [0.2, 0.25) is 0 Å². The molecule has 0 aromatic rings. The molecule has 0 aromatic heterocycles. The molecule has 0 aliphatic rings. The van der Waals surface area contributed by atoms with E-state index in [-0.39, 0.29) is 6.29 Å². The average molecular weight is 124 g/mol. The van der Waals surface area contributed by atoms with E-state index in [1.807, 2.05) is 0 Å². The highest BCUT2D eigenvalue weighted by Gasteiger charge is 1.98. The molecular formula is C2H4O4S. The molecule has 1 N–H and O–H groups in total. The molecule has 5 heteroatoms. The highest BCUT2D eigenvalue weighted by Crippen LogP contribution is 1.72. The lowest BCUT2D eigenvalue weighted by Gasteiger charge is -1.79. The summed E-state index contributed by atoms with van der Waals surface area (Å²) >= 11 is 0. The molecule has 0 spiro atoms. The van der Waals surface area contributed by atoms with Crippen LogP contribution in [-0.2, 0) is 14.9 Å². The summed E-state index contributed by atoms with van der Waals surface area (Å²) < 4.78 is 26.9. The Morgan fingerprint density at radius 3 is 2.00 bits per heavy atom. The molecule has 0 saturated heterocycles. The van der Waals surface area contributed by atoms with E-state index >= 15 is 0 Å². The van der Waals surface area contributed by atoms with Gasteiger partial charge in [-0.2, -0.15) is 8.42 Å². The van der Waals surface area contributed by atoms with Gasteiger partial charge in [-0.25, -0.2) is 0 Å². The number of rotatable bonds is 2. The fraction of sp³-hybridized carbons (Fsp3) is 0.500. The van der Waals surface area contributed by atoms with Gasteiger partial charge in [-0.1, -0.05) is 0 Å². The maximum atomic E-state index is 9.56. The van der Waals surface area contributed by atoms with Gasteiger partial charge in [0.05, 0.1) is 0 Å². The van der Waals surface area contributed by atoms with E-state index in [1.54, 1.807) is 0 Å². The summed E-state index contributed by atoms with van der Waals surface area (Å²) in [6, 6.07) is 0. The predicted molar refractivity (Wildman–Crippen MR) is 22.5 cm³/mol. The molecule has 0 atom stereocenters. The summed E-state index contributed by atoms with van der Waals surface area (Å²) in [5.74, 6) is -0.812. The SMILES string of the molecule is O=CCS(=O)(=O)O. The Morgan fingerprint density at radius 1 is 1.57 bits per heavy atom. The van der Waals surface area contributed by atoms with Crippen molar-refractivity contribution < 1.29 is 17.8 Å². The first-order valence-corrected chi connectivity index (χ1v) is 3.06. The standard InChI is InChI=1S/C2H4O4S/c3-1-2-7(4,5)6/h1H,2H2,(H,4,5,6). The second-order valence-electron chi connectivity index (χ2n) is 0.915. The van der Waals surface area contributed by atoms with E-state index in [0.717, 1.165) is 0 Å². The van der Waals surface area contributed by atoms with Gasteiger partial charge in [-0.15, -0.1) is 0 Å². The summed E-state index contributed by atoms with van der Waals surface area (Å²) in [7, 11) is -4.04. The van der Waals surface area contributed by atoms with Gasteiger partial charge in [0.2, 0.25) is 0 Å². The van der Waals surface area contributed by atoms with Crippen LogP contribution in [0.15, 0.2) is 0 Å². The van der Waals surface area contributed by atoms with Crippen molar-refractivity contribution in [2.24, 2.45) is 0 Å². The molecule has 0 unspecified atom stereocenters. The van der Waals surface area contributed by atoms with Crippen LogP contribution in [0.25, 0.3) is 0 Å². The van der Waals surface area contributed by atoms with Crippen LogP contribution in [0, 0.1) is 0 Å². The minimum absolute atomic E-state index is 0.120. The van der Waals surface area contributed by atoms with Crippen LogP contribution >= 0.6 is 0 Å². The minimum Gasteiger partial charge on any atom is -0.302 e. The Bertz CT molecular complexity index is 143. The molecule has 7 heavy (non-hydrogen) atoms. The van der Waals surface area contributed by atoms with Gasteiger partial charge in [0.1, 0.15) is 12.0 Å². The van der Waals surface area contributed by atoms with Crippen molar-refractivity contribution in [1.29, 1.82) is 0 Å². The van der Waals surface area contributed by atoms with Gasteiger partial charge in [-0.05, 0) is 0 Å². The first-order valence-electron chi connectivity index (χ1n) is 1.45. The van der Waals surface area contributed by atoms with Crippen molar-refractivity contribution in [2.45, 2.75) is 0 Å². The van der Waals surface area contributed by atoms with Gasteiger partial charge in [0, 0.05) is 0 Å². The van der Waals surface area contributed by atoms with Crippen molar-refractivity contribution in [1.82, 2.24) is 0 Å². The maximum absolute atomic E-state index is 9.56. The van der Waals surface area contributed by atoms with Crippen LogP contribution in [0.3, 0.4) is 0 Å². The number of hydrogen-bond acceptors (Lipinski definition) is 3. The lowest BCUT2D eigenvalue weighted by atomic mass is 10.9. The summed E-state index contributed by atoms with van der Waals surface area (Å²) in [4.78, 5) is 9.28. The van der Waals surface area contributed by atoms with E-state index < -0.39 is 15.9 Å². The Morgan fingerprint density at radius 2 is 2.00 bits per heavy atom. The van der Waals surface area contributed by atoms with Crippen LogP contribution in [0.5, 0.6) is 0 Å². The number of carbonyl (C=O) groups excluding carboxylic acids is 1. The van der Waals surface area contributed by atoms with E-state index in [4.69, 9.17) is 4.55 Å². The van der Waals surface area contributed by atoms with Gasteiger partial charge in [0.15, 0.2) is 0 Å². The lowest BCUT2D eigenvalue weighted by Crippen LogP contribution is -2.03. The van der Waals surface area contributed by atoms with Crippen LogP contribution in [0.4, 0.5) is 0 Å². The third-order valence-electron chi connectivity index (χ3n) is 0.279. The van der Waals surface area contributed by atoms with Gasteiger partial charge >= 0.3 is 0 Å². The highest BCUT2D eigenvalue weighted by atomic mass is 32.2. The topological polar surface area (TPSA) is 71.4 Å². The Hall–Kier alpha value is -0.420. The normalized spacial score (nSPS) is 11.0. The van der Waals surface area contributed by atoms with Crippen LogP contribution in [-0.4, -0.2) is 25.0 Å². The number of carbonyl (C=O) groups is 1. The summed E-state index contributed by atoms with van der Waals surface area (Å²) in [6.07, 6.45) is 0.120. The molecule has 0 rings (SSSR count). The summed E-state index contributed by atoms with van der Waals surface area (Å²) in [5, 5.41) is 0. The smallest absolute Gasteiger partial charge is 0.271 e. The van der Waals surface area contributed by atoms with Crippen LogP contribution < -0.4 is 0 Å². The Kier molecular flexibility index (Phi) is 1.91. The zero-order valence-corrected chi connectivity index (χ0v) is 4.18. The minimum atomic E-state index is -4.04. The monoisotopic (exact) mass is 124 g/mol. The van der Waals surface area contributed by atoms with Crippen LogP contribution in [0.1, 0.15) is 0 Å². The first kappa shape index (κ1) is 6.58. The quantitative estimate of drug-likeness (QED) is 0.381. The molecular weight excluding hydrogens is 120 g/mol. The molecule has 42 valence electrons. The van der Waals surface area contributed by atoms with E-state index in [0.29, 0.717) is 0 Å². The van der Waals surface area contributed by atoms with E-state index in [2.05, 4.69) is 0 Å². The number of aldehydes is 1. The molecule has 0 fully saturated rings.